The molecule has 2 aromatic heterocycles. The summed E-state index contributed by atoms with van der Waals surface area (Å²) in [4.78, 5) is 24.7. The topological polar surface area (TPSA) is 34.1 Å². The number of Topliss-reactive ketones (excluding diaryl/α,β-unsaturated/α-hetero) is 2. The maximum absolute atomic E-state index is 11.8. The highest BCUT2D eigenvalue weighted by atomic mass is 32.1. The number of hydrogen-bond acceptors (Lipinski definition) is 4. The van der Waals surface area contributed by atoms with Crippen LogP contribution >= 0.6 is 22.7 Å². The number of aryl methyl sites for hydroxylation is 2. The maximum Gasteiger partial charge on any atom is 0.244 e. The summed E-state index contributed by atoms with van der Waals surface area (Å²) in [6.45, 7) is 3.82. The third kappa shape index (κ3) is 2.13. The lowest BCUT2D eigenvalue weighted by molar-refractivity contribution is 0.0821. The highest BCUT2D eigenvalue weighted by molar-refractivity contribution is 7.15. The number of hydrogen-bond donors (Lipinski definition) is 0. The van der Waals surface area contributed by atoms with Crippen LogP contribution in [0.4, 0.5) is 0 Å². The Labute approximate surface area is 102 Å². The molecule has 0 bridgehead atoms. The Morgan fingerprint density at radius 3 is 1.50 bits per heavy atom. The Balaban J connectivity index is 2.26. The third-order valence-corrected chi connectivity index (χ3v) is 4.21. The van der Waals surface area contributed by atoms with Crippen molar-refractivity contribution in [1.82, 2.24) is 0 Å². The van der Waals surface area contributed by atoms with Crippen LogP contribution in [0.15, 0.2) is 22.9 Å². The number of thiophene rings is 2. The Kier molecular flexibility index (Phi) is 3.03. The van der Waals surface area contributed by atoms with Gasteiger partial charge in [-0.1, -0.05) is 0 Å². The number of carbonyl (C=O) groups is 2. The monoisotopic (exact) mass is 250 g/mol. The second-order valence-electron chi connectivity index (χ2n) is 3.63. The molecule has 0 saturated carbocycles. The first kappa shape index (κ1) is 11.2. The van der Waals surface area contributed by atoms with Crippen LogP contribution < -0.4 is 0 Å². The molecular formula is C12H10O2S2. The van der Waals surface area contributed by atoms with Gasteiger partial charge in [0.1, 0.15) is 0 Å². The van der Waals surface area contributed by atoms with Crippen molar-refractivity contribution in [1.29, 1.82) is 0 Å². The van der Waals surface area contributed by atoms with Gasteiger partial charge in [-0.05, 0) is 47.9 Å². The molecule has 0 fully saturated rings. The van der Waals surface area contributed by atoms with Gasteiger partial charge >= 0.3 is 0 Å². The van der Waals surface area contributed by atoms with Gasteiger partial charge in [-0.2, -0.15) is 0 Å². The van der Waals surface area contributed by atoms with Crippen molar-refractivity contribution in [2.75, 3.05) is 0 Å². The summed E-state index contributed by atoms with van der Waals surface area (Å²) in [6, 6.07) is 3.51. The Morgan fingerprint density at radius 2 is 1.25 bits per heavy atom. The molecule has 0 aliphatic rings. The predicted octanol–water partition coefficient (Wildman–Crippen LogP) is 3.49. The molecule has 4 heteroatoms. The first-order chi connectivity index (χ1) is 7.58. The zero-order valence-corrected chi connectivity index (χ0v) is 10.6. The van der Waals surface area contributed by atoms with Gasteiger partial charge in [-0.15, -0.1) is 22.7 Å². The molecule has 82 valence electrons. The van der Waals surface area contributed by atoms with Gasteiger partial charge in [0.15, 0.2) is 0 Å². The molecule has 0 radical (unpaired) electrons. The second kappa shape index (κ2) is 4.31. The van der Waals surface area contributed by atoms with E-state index in [2.05, 4.69) is 0 Å². The molecule has 0 atom stereocenters. The molecule has 0 unspecified atom stereocenters. The number of carbonyl (C=O) groups excluding carboxylic acids is 2. The van der Waals surface area contributed by atoms with Gasteiger partial charge in [0, 0.05) is 0 Å². The lowest BCUT2D eigenvalue weighted by Crippen LogP contribution is -2.11. The van der Waals surface area contributed by atoms with E-state index in [0.717, 1.165) is 11.1 Å². The first-order valence-electron chi connectivity index (χ1n) is 4.77. The van der Waals surface area contributed by atoms with Crippen LogP contribution in [0, 0.1) is 13.8 Å². The van der Waals surface area contributed by atoms with Gasteiger partial charge in [-0.3, -0.25) is 9.59 Å². The summed E-state index contributed by atoms with van der Waals surface area (Å²) in [6.07, 6.45) is 0. The summed E-state index contributed by atoms with van der Waals surface area (Å²) in [5, 5.41) is 3.75. The van der Waals surface area contributed by atoms with E-state index in [1.165, 1.54) is 22.7 Å². The van der Waals surface area contributed by atoms with Gasteiger partial charge in [-0.25, -0.2) is 0 Å². The van der Waals surface area contributed by atoms with Crippen molar-refractivity contribution in [3.63, 3.8) is 0 Å². The lowest BCUT2D eigenvalue weighted by atomic mass is 10.1. The van der Waals surface area contributed by atoms with E-state index in [9.17, 15) is 9.59 Å². The fraction of sp³-hybridized carbons (Fsp3) is 0.167. The number of rotatable bonds is 3. The number of ketones is 2. The van der Waals surface area contributed by atoms with E-state index in [-0.39, 0.29) is 0 Å². The van der Waals surface area contributed by atoms with Crippen molar-refractivity contribution < 1.29 is 9.59 Å². The molecule has 0 N–H and O–H groups in total. The first-order valence-corrected chi connectivity index (χ1v) is 6.53. The zero-order valence-electron chi connectivity index (χ0n) is 8.94. The predicted molar refractivity (Wildman–Crippen MR) is 66.8 cm³/mol. The summed E-state index contributed by atoms with van der Waals surface area (Å²) in [5.41, 5.74) is 2.03. The van der Waals surface area contributed by atoms with Crippen LogP contribution in [0.2, 0.25) is 0 Å². The summed E-state index contributed by atoms with van der Waals surface area (Å²) < 4.78 is 0. The van der Waals surface area contributed by atoms with Crippen molar-refractivity contribution in [3.05, 3.63) is 43.8 Å². The van der Waals surface area contributed by atoms with E-state index in [0.29, 0.717) is 9.75 Å². The van der Waals surface area contributed by atoms with E-state index in [1.807, 2.05) is 24.6 Å². The molecule has 16 heavy (non-hydrogen) atoms. The minimum Gasteiger partial charge on any atom is -0.284 e. The maximum atomic E-state index is 11.8. The Bertz CT molecular complexity index is 499. The quantitative estimate of drug-likeness (QED) is 0.617. The normalized spacial score (nSPS) is 10.4. The fourth-order valence-electron chi connectivity index (χ4n) is 1.32. The van der Waals surface area contributed by atoms with Gasteiger partial charge < -0.3 is 0 Å². The van der Waals surface area contributed by atoms with Crippen LogP contribution in [0.5, 0.6) is 0 Å². The summed E-state index contributed by atoms with van der Waals surface area (Å²) in [7, 11) is 0. The van der Waals surface area contributed by atoms with E-state index < -0.39 is 11.6 Å². The van der Waals surface area contributed by atoms with Crippen LogP contribution in [-0.4, -0.2) is 11.6 Å². The molecule has 0 amide bonds. The molecule has 2 aromatic rings. The van der Waals surface area contributed by atoms with E-state index in [1.54, 1.807) is 12.1 Å². The van der Waals surface area contributed by atoms with Crippen molar-refractivity contribution in [3.8, 4) is 0 Å². The SMILES string of the molecule is Cc1csc(C(=O)C(=O)c2cc(C)cs2)c1. The molecule has 0 saturated heterocycles. The molecule has 0 aromatic carbocycles. The Hall–Kier alpha value is -1.26. The van der Waals surface area contributed by atoms with Crippen molar-refractivity contribution in [2.45, 2.75) is 13.8 Å². The van der Waals surface area contributed by atoms with Crippen LogP contribution in [0.3, 0.4) is 0 Å². The third-order valence-electron chi connectivity index (χ3n) is 2.11. The zero-order chi connectivity index (χ0) is 11.7. The minimum atomic E-state index is -0.403. The Morgan fingerprint density at radius 1 is 0.875 bits per heavy atom. The van der Waals surface area contributed by atoms with E-state index >= 15 is 0 Å². The highest BCUT2D eigenvalue weighted by Crippen LogP contribution is 2.20. The van der Waals surface area contributed by atoms with Gasteiger partial charge in [0.2, 0.25) is 11.6 Å². The van der Waals surface area contributed by atoms with Gasteiger partial charge in [0.25, 0.3) is 0 Å². The standard InChI is InChI=1S/C12H10O2S2/c1-7-3-9(15-5-7)11(13)12(14)10-4-8(2)6-16-10/h3-6H,1-2H3. The van der Waals surface area contributed by atoms with E-state index in [4.69, 9.17) is 0 Å². The lowest BCUT2D eigenvalue weighted by Gasteiger charge is -1.93. The van der Waals surface area contributed by atoms with Crippen LogP contribution in [0.25, 0.3) is 0 Å². The average molecular weight is 250 g/mol. The van der Waals surface area contributed by atoms with Crippen molar-refractivity contribution >= 4 is 34.2 Å². The molecule has 0 aliphatic carbocycles. The second-order valence-corrected chi connectivity index (χ2v) is 5.46. The highest BCUT2D eigenvalue weighted by Gasteiger charge is 2.20. The average Bonchev–Trinajstić information content (AvgIpc) is 2.85. The van der Waals surface area contributed by atoms with Crippen LogP contribution in [-0.2, 0) is 0 Å². The fourth-order valence-corrected chi connectivity index (χ4v) is 2.99. The smallest absolute Gasteiger partial charge is 0.244 e. The van der Waals surface area contributed by atoms with Gasteiger partial charge in [0.05, 0.1) is 9.75 Å². The van der Waals surface area contributed by atoms with Crippen molar-refractivity contribution in [2.24, 2.45) is 0 Å². The van der Waals surface area contributed by atoms with Crippen LogP contribution in [0.1, 0.15) is 30.5 Å². The minimum absolute atomic E-state index is 0.403. The molecule has 2 heterocycles. The summed E-state index contributed by atoms with van der Waals surface area (Å²) in [5.74, 6) is -0.806. The summed E-state index contributed by atoms with van der Waals surface area (Å²) >= 11 is 2.64. The molecule has 0 aliphatic heterocycles. The molecule has 2 rings (SSSR count). The molecular weight excluding hydrogens is 240 g/mol. The molecule has 2 nitrogen and oxygen atoms in total. The largest absolute Gasteiger partial charge is 0.284 e. The molecule has 0 spiro atoms.